The van der Waals surface area contributed by atoms with Gasteiger partial charge in [0.05, 0.1) is 0 Å². The molecule has 56 valence electrons. The van der Waals surface area contributed by atoms with Gasteiger partial charge in [0.2, 0.25) is 0 Å². The van der Waals surface area contributed by atoms with Gasteiger partial charge in [0.25, 0.3) is 5.91 Å². The van der Waals surface area contributed by atoms with E-state index < -0.39 is 11.9 Å². The first-order chi connectivity index (χ1) is 4.57. The van der Waals surface area contributed by atoms with Crippen LogP contribution in [0.5, 0.6) is 0 Å². The zero-order valence-corrected chi connectivity index (χ0v) is 6.14. The maximum Gasteiger partial charge on any atom is 0.339 e. The molecule has 0 rings (SSSR count). The first kappa shape index (κ1) is 8.96. The summed E-state index contributed by atoms with van der Waals surface area (Å²) in [5.41, 5.74) is 9.46. The number of nitrogens with two attached hydrogens (primary N) is 2. The average Bonchev–Trinajstić information content (AvgIpc) is 1.81. The summed E-state index contributed by atoms with van der Waals surface area (Å²) in [4.78, 5) is 23.6. The fourth-order valence-electron chi connectivity index (χ4n) is 0.301. The molecule has 6 heteroatoms. The fourth-order valence-corrected chi connectivity index (χ4v) is 0.684. The normalized spacial score (nSPS) is 11.1. The van der Waals surface area contributed by atoms with E-state index >= 15 is 0 Å². The number of urea groups is 1. The number of rotatable bonds is 0. The molecule has 0 saturated carbocycles. The van der Waals surface area contributed by atoms with Crippen molar-refractivity contribution in [2.24, 2.45) is 16.5 Å². The van der Waals surface area contributed by atoms with E-state index in [1.165, 1.54) is 0 Å². The number of hydrogen-bond acceptors (Lipinski definition) is 3. The summed E-state index contributed by atoms with van der Waals surface area (Å²) in [6.07, 6.45) is 1.58. The summed E-state index contributed by atoms with van der Waals surface area (Å²) in [5.74, 6) is -0.744. The molecule has 0 aliphatic heterocycles. The number of thioether (sulfide) groups is 1. The predicted molar refractivity (Wildman–Crippen MR) is 39.7 cm³/mol. The highest BCUT2D eigenvalue weighted by Gasteiger charge is 2.05. The number of amides is 3. The summed E-state index contributed by atoms with van der Waals surface area (Å²) >= 11 is 0.981. The lowest BCUT2D eigenvalue weighted by atomic mass is 10.7. The van der Waals surface area contributed by atoms with Gasteiger partial charge in [-0.05, 0) is 6.26 Å². The van der Waals surface area contributed by atoms with E-state index in [1.54, 1.807) is 6.26 Å². The Morgan fingerprint density at radius 1 is 1.40 bits per heavy atom. The topological polar surface area (TPSA) is 98.5 Å². The van der Waals surface area contributed by atoms with E-state index in [-0.39, 0.29) is 5.04 Å². The van der Waals surface area contributed by atoms with Crippen molar-refractivity contribution in [3.8, 4) is 0 Å². The Morgan fingerprint density at radius 3 is 2.00 bits per heavy atom. The smallest absolute Gasteiger partial charge is 0.339 e. The van der Waals surface area contributed by atoms with Crippen LogP contribution in [0.1, 0.15) is 0 Å². The molecule has 0 radical (unpaired) electrons. The maximum absolute atomic E-state index is 10.3. The van der Waals surface area contributed by atoms with Crippen LogP contribution in [0.15, 0.2) is 4.99 Å². The zero-order valence-electron chi connectivity index (χ0n) is 5.33. The minimum Gasteiger partial charge on any atom is -0.364 e. The van der Waals surface area contributed by atoms with Crippen LogP contribution >= 0.6 is 11.8 Å². The second-order valence-corrected chi connectivity index (χ2v) is 2.12. The van der Waals surface area contributed by atoms with Crippen molar-refractivity contribution in [2.45, 2.75) is 0 Å². The highest BCUT2D eigenvalue weighted by Crippen LogP contribution is 1.96. The highest BCUT2D eigenvalue weighted by molar-refractivity contribution is 8.15. The highest BCUT2D eigenvalue weighted by atomic mass is 32.2. The summed E-state index contributed by atoms with van der Waals surface area (Å²) in [7, 11) is 0. The SMILES string of the molecule is CSC(=NC(N)=O)C(N)=O. The molecule has 0 aromatic carbocycles. The van der Waals surface area contributed by atoms with Crippen LogP contribution < -0.4 is 11.5 Å². The Kier molecular flexibility index (Phi) is 3.48. The molecule has 0 aliphatic carbocycles. The van der Waals surface area contributed by atoms with Crippen molar-refractivity contribution < 1.29 is 9.59 Å². The molecule has 0 aliphatic rings. The van der Waals surface area contributed by atoms with Crippen molar-refractivity contribution in [3.63, 3.8) is 0 Å². The van der Waals surface area contributed by atoms with Gasteiger partial charge in [0, 0.05) is 0 Å². The largest absolute Gasteiger partial charge is 0.364 e. The number of aliphatic imine (C=N–C) groups is 1. The molecule has 0 bridgehead atoms. The van der Waals surface area contributed by atoms with Crippen LogP contribution in [-0.2, 0) is 4.79 Å². The van der Waals surface area contributed by atoms with Gasteiger partial charge in [0.15, 0.2) is 5.04 Å². The number of primary amides is 2. The van der Waals surface area contributed by atoms with Crippen molar-refractivity contribution in [2.75, 3.05) is 6.26 Å². The molecule has 0 saturated heterocycles. The van der Waals surface area contributed by atoms with Gasteiger partial charge in [0.1, 0.15) is 0 Å². The van der Waals surface area contributed by atoms with E-state index in [0.717, 1.165) is 11.8 Å². The Morgan fingerprint density at radius 2 is 1.90 bits per heavy atom. The summed E-state index contributed by atoms with van der Waals surface area (Å²) < 4.78 is 0. The minimum absolute atomic E-state index is 0.0764. The number of carbonyl (C=O) groups excluding carboxylic acids is 2. The molecule has 10 heavy (non-hydrogen) atoms. The van der Waals surface area contributed by atoms with E-state index in [0.29, 0.717) is 0 Å². The molecule has 0 spiro atoms. The van der Waals surface area contributed by atoms with Crippen LogP contribution in [0.4, 0.5) is 4.79 Å². The second-order valence-electron chi connectivity index (χ2n) is 1.32. The number of nitrogens with zero attached hydrogens (tertiary/aromatic N) is 1. The molecule has 0 aromatic rings. The van der Waals surface area contributed by atoms with Gasteiger partial charge in [-0.2, -0.15) is 4.99 Å². The molecule has 0 aromatic heterocycles. The first-order valence-corrected chi connectivity index (χ1v) is 3.52. The van der Waals surface area contributed by atoms with Gasteiger partial charge in [-0.25, -0.2) is 4.79 Å². The van der Waals surface area contributed by atoms with Crippen molar-refractivity contribution in [3.05, 3.63) is 0 Å². The first-order valence-electron chi connectivity index (χ1n) is 2.30. The van der Waals surface area contributed by atoms with E-state index in [9.17, 15) is 9.59 Å². The Hall–Kier alpha value is -1.04. The summed E-state index contributed by atoms with van der Waals surface area (Å²) in [6, 6.07) is -0.914. The van der Waals surface area contributed by atoms with E-state index in [2.05, 4.69) is 10.7 Å². The van der Waals surface area contributed by atoms with Crippen LogP contribution in [-0.4, -0.2) is 23.2 Å². The molecule has 3 amide bonds. The number of carbonyl (C=O) groups is 2. The van der Waals surface area contributed by atoms with E-state index in [1.807, 2.05) is 0 Å². The summed E-state index contributed by atoms with van der Waals surface area (Å²) in [6.45, 7) is 0. The second kappa shape index (κ2) is 3.89. The van der Waals surface area contributed by atoms with Gasteiger partial charge in [-0.15, -0.1) is 11.8 Å². The third-order valence-corrected chi connectivity index (χ3v) is 1.30. The molecular weight excluding hydrogens is 154 g/mol. The van der Waals surface area contributed by atoms with Gasteiger partial charge >= 0.3 is 6.03 Å². The quantitative estimate of drug-likeness (QED) is 0.363. The monoisotopic (exact) mass is 161 g/mol. The molecule has 0 fully saturated rings. The van der Waals surface area contributed by atoms with Crippen LogP contribution in [0.2, 0.25) is 0 Å². The molecule has 0 unspecified atom stereocenters. The third-order valence-electron chi connectivity index (χ3n) is 0.616. The Bertz CT molecular complexity index is 189. The molecular formula is C4H7N3O2S. The van der Waals surface area contributed by atoms with Gasteiger partial charge in [-0.3, -0.25) is 4.79 Å². The summed E-state index contributed by atoms with van der Waals surface area (Å²) in [5, 5.41) is -0.0764. The lowest BCUT2D eigenvalue weighted by Crippen LogP contribution is -2.22. The van der Waals surface area contributed by atoms with Crippen molar-refractivity contribution in [1.29, 1.82) is 0 Å². The van der Waals surface area contributed by atoms with Gasteiger partial charge < -0.3 is 11.5 Å². The Labute approximate surface area is 61.9 Å². The zero-order chi connectivity index (χ0) is 8.15. The number of hydrogen-bond donors (Lipinski definition) is 2. The third kappa shape index (κ3) is 3.08. The van der Waals surface area contributed by atoms with Crippen LogP contribution in [0.3, 0.4) is 0 Å². The standard InChI is InChI=1S/C4H7N3O2S/c1-10-3(2(5)8)7-4(6)9/h1H3,(H2,5,8)(H2,6,9). The lowest BCUT2D eigenvalue weighted by Gasteiger charge is -1.92. The van der Waals surface area contributed by atoms with Crippen LogP contribution in [0.25, 0.3) is 0 Å². The molecule has 0 heterocycles. The van der Waals surface area contributed by atoms with Crippen molar-refractivity contribution in [1.82, 2.24) is 0 Å². The molecule has 5 nitrogen and oxygen atoms in total. The molecule has 0 atom stereocenters. The van der Waals surface area contributed by atoms with Crippen molar-refractivity contribution >= 4 is 28.7 Å². The van der Waals surface area contributed by atoms with Gasteiger partial charge in [-0.1, -0.05) is 0 Å². The molecule has 4 N–H and O–H groups in total. The fraction of sp³-hybridized carbons (Fsp3) is 0.250. The predicted octanol–water partition coefficient (Wildman–Crippen LogP) is -0.688. The minimum atomic E-state index is -0.914. The Balaban J connectivity index is 4.34. The van der Waals surface area contributed by atoms with Crippen LogP contribution in [0, 0.1) is 0 Å². The average molecular weight is 161 g/mol. The maximum atomic E-state index is 10.3. The van der Waals surface area contributed by atoms with E-state index in [4.69, 9.17) is 5.73 Å². The lowest BCUT2D eigenvalue weighted by molar-refractivity contribution is -0.111.